The van der Waals surface area contributed by atoms with E-state index in [1.165, 1.54) is 0 Å². The number of nitrogens with two attached hydrogens (primary N) is 1. The van der Waals surface area contributed by atoms with Crippen LogP contribution in [-0.2, 0) is 9.53 Å². The van der Waals surface area contributed by atoms with Gasteiger partial charge < -0.3 is 15.2 Å². The third kappa shape index (κ3) is 4.95. The summed E-state index contributed by atoms with van der Waals surface area (Å²) in [5, 5.41) is 0. The third-order valence-electron chi connectivity index (χ3n) is 2.86. The van der Waals surface area contributed by atoms with Crippen molar-refractivity contribution < 1.29 is 14.3 Å². The van der Waals surface area contributed by atoms with E-state index in [-0.39, 0.29) is 12.5 Å². The van der Waals surface area contributed by atoms with E-state index in [1.807, 2.05) is 19.1 Å². The van der Waals surface area contributed by atoms with Gasteiger partial charge in [-0.2, -0.15) is 0 Å². The van der Waals surface area contributed by atoms with Crippen molar-refractivity contribution in [2.75, 3.05) is 12.3 Å². The number of pyridine rings is 2. The minimum atomic E-state index is -0.553. The van der Waals surface area contributed by atoms with Crippen LogP contribution in [0.3, 0.4) is 0 Å². The molecule has 0 aliphatic carbocycles. The lowest BCUT2D eigenvalue weighted by molar-refractivity contribution is -0.157. The van der Waals surface area contributed by atoms with E-state index in [9.17, 15) is 4.79 Å². The largest absolute Gasteiger partial charge is 0.464 e. The topological polar surface area (TPSA) is 87.3 Å². The van der Waals surface area contributed by atoms with Crippen molar-refractivity contribution in [3.63, 3.8) is 0 Å². The molecule has 122 valence electrons. The summed E-state index contributed by atoms with van der Waals surface area (Å²) in [4.78, 5) is 20.0. The van der Waals surface area contributed by atoms with E-state index < -0.39 is 11.6 Å². The molecule has 6 heteroatoms. The summed E-state index contributed by atoms with van der Waals surface area (Å²) in [5.41, 5.74) is 8.50. The molecule has 0 spiro atoms. The highest BCUT2D eigenvalue weighted by atomic mass is 16.6. The van der Waals surface area contributed by atoms with Gasteiger partial charge in [0.2, 0.25) is 5.88 Å². The zero-order valence-corrected chi connectivity index (χ0v) is 13.8. The summed E-state index contributed by atoms with van der Waals surface area (Å²) >= 11 is 0. The average molecular weight is 315 g/mol. The van der Waals surface area contributed by atoms with Gasteiger partial charge in [0.1, 0.15) is 5.60 Å². The molecule has 0 saturated carbocycles. The molecule has 0 radical (unpaired) electrons. The number of hydrogen-bond donors (Lipinski definition) is 1. The molecule has 2 rings (SSSR count). The SMILES string of the molecule is Cc1cc(-c2cnc(OCC(=O)OC(C)(C)C)c(N)c2)ccn1. The smallest absolute Gasteiger partial charge is 0.344 e. The Morgan fingerprint density at radius 1 is 1.22 bits per heavy atom. The zero-order chi connectivity index (χ0) is 17.0. The minimum Gasteiger partial charge on any atom is -0.464 e. The molecule has 23 heavy (non-hydrogen) atoms. The van der Waals surface area contributed by atoms with Crippen molar-refractivity contribution in [1.29, 1.82) is 0 Å². The number of aryl methyl sites for hydroxylation is 1. The molecule has 0 aliphatic heterocycles. The van der Waals surface area contributed by atoms with Crippen LogP contribution in [0.4, 0.5) is 5.69 Å². The molecule has 0 aromatic carbocycles. The number of carbonyl (C=O) groups excluding carboxylic acids is 1. The van der Waals surface area contributed by atoms with Crippen molar-refractivity contribution in [2.45, 2.75) is 33.3 Å². The van der Waals surface area contributed by atoms with Crippen molar-refractivity contribution in [3.8, 4) is 17.0 Å². The van der Waals surface area contributed by atoms with Gasteiger partial charge in [-0.1, -0.05) is 0 Å². The second-order valence-corrected chi connectivity index (χ2v) is 6.18. The first kappa shape index (κ1) is 16.7. The molecule has 0 amide bonds. The summed E-state index contributed by atoms with van der Waals surface area (Å²) < 4.78 is 10.5. The van der Waals surface area contributed by atoms with E-state index in [1.54, 1.807) is 39.2 Å². The number of ether oxygens (including phenoxy) is 2. The summed E-state index contributed by atoms with van der Waals surface area (Å²) in [6.45, 7) is 7.07. The Hall–Kier alpha value is -2.63. The van der Waals surface area contributed by atoms with Gasteiger partial charge in [0, 0.05) is 23.7 Å². The van der Waals surface area contributed by atoms with Gasteiger partial charge in [-0.15, -0.1) is 0 Å². The Balaban J connectivity index is 2.07. The van der Waals surface area contributed by atoms with Gasteiger partial charge in [0.15, 0.2) is 6.61 Å². The number of hydrogen-bond acceptors (Lipinski definition) is 6. The predicted molar refractivity (Wildman–Crippen MR) is 88.0 cm³/mol. The van der Waals surface area contributed by atoms with Crippen molar-refractivity contribution in [1.82, 2.24) is 9.97 Å². The molecular formula is C17H21N3O3. The fourth-order valence-corrected chi connectivity index (χ4v) is 1.97. The van der Waals surface area contributed by atoms with Crippen LogP contribution in [0, 0.1) is 6.92 Å². The number of carbonyl (C=O) groups is 1. The first-order valence-corrected chi connectivity index (χ1v) is 7.28. The molecule has 2 N–H and O–H groups in total. The Morgan fingerprint density at radius 2 is 1.96 bits per heavy atom. The molecule has 0 bridgehead atoms. The fraction of sp³-hybridized carbons (Fsp3) is 0.353. The monoisotopic (exact) mass is 315 g/mol. The summed E-state index contributed by atoms with van der Waals surface area (Å²) in [5.74, 6) is -0.252. The van der Waals surface area contributed by atoms with Crippen LogP contribution in [0.5, 0.6) is 5.88 Å². The molecule has 6 nitrogen and oxygen atoms in total. The van der Waals surface area contributed by atoms with E-state index in [0.29, 0.717) is 5.69 Å². The molecular weight excluding hydrogens is 294 g/mol. The van der Waals surface area contributed by atoms with Crippen molar-refractivity contribution >= 4 is 11.7 Å². The van der Waals surface area contributed by atoms with Crippen molar-refractivity contribution in [2.24, 2.45) is 0 Å². The van der Waals surface area contributed by atoms with Gasteiger partial charge in [0.05, 0.1) is 5.69 Å². The molecule has 2 aromatic heterocycles. The number of aromatic nitrogens is 2. The highest BCUT2D eigenvalue weighted by Gasteiger charge is 2.17. The number of anilines is 1. The lowest BCUT2D eigenvalue weighted by Gasteiger charge is -2.19. The number of esters is 1. The number of nitrogen functional groups attached to an aromatic ring is 1. The van der Waals surface area contributed by atoms with Crippen LogP contribution in [0.2, 0.25) is 0 Å². The van der Waals surface area contributed by atoms with Gasteiger partial charge in [-0.05, 0) is 51.5 Å². The molecule has 0 unspecified atom stereocenters. The Bertz CT molecular complexity index is 708. The normalized spacial score (nSPS) is 11.1. The molecule has 2 aromatic rings. The Morgan fingerprint density at radius 3 is 2.57 bits per heavy atom. The lowest BCUT2D eigenvalue weighted by Crippen LogP contribution is -2.27. The average Bonchev–Trinajstić information content (AvgIpc) is 2.44. The van der Waals surface area contributed by atoms with E-state index in [2.05, 4.69) is 9.97 Å². The predicted octanol–water partition coefficient (Wildman–Crippen LogP) is 2.75. The zero-order valence-electron chi connectivity index (χ0n) is 13.8. The van der Waals surface area contributed by atoms with Gasteiger partial charge in [-0.3, -0.25) is 4.98 Å². The fourth-order valence-electron chi connectivity index (χ4n) is 1.97. The number of rotatable bonds is 4. The minimum absolute atomic E-state index is 0.213. The first-order valence-electron chi connectivity index (χ1n) is 7.28. The standard InChI is InChI=1S/C17H21N3O3/c1-11-7-12(5-6-19-11)13-8-14(18)16(20-9-13)22-10-15(21)23-17(2,3)4/h5-9H,10,18H2,1-4H3. The summed E-state index contributed by atoms with van der Waals surface area (Å²) in [6.07, 6.45) is 3.38. The van der Waals surface area contributed by atoms with E-state index >= 15 is 0 Å². The maximum absolute atomic E-state index is 11.6. The molecule has 0 fully saturated rings. The third-order valence-corrected chi connectivity index (χ3v) is 2.86. The maximum Gasteiger partial charge on any atom is 0.344 e. The van der Waals surface area contributed by atoms with Crippen LogP contribution in [0.1, 0.15) is 26.5 Å². The van der Waals surface area contributed by atoms with Gasteiger partial charge >= 0.3 is 5.97 Å². The van der Waals surface area contributed by atoms with Crippen LogP contribution in [0.15, 0.2) is 30.6 Å². The van der Waals surface area contributed by atoms with E-state index in [4.69, 9.17) is 15.2 Å². The highest BCUT2D eigenvalue weighted by molar-refractivity contribution is 5.72. The molecule has 0 atom stereocenters. The van der Waals surface area contributed by atoms with Crippen LogP contribution < -0.4 is 10.5 Å². The second kappa shape index (κ2) is 6.64. The lowest BCUT2D eigenvalue weighted by atomic mass is 10.1. The molecule has 2 heterocycles. The first-order chi connectivity index (χ1) is 10.7. The van der Waals surface area contributed by atoms with E-state index in [0.717, 1.165) is 16.8 Å². The molecule has 0 saturated heterocycles. The van der Waals surface area contributed by atoms with Crippen LogP contribution in [-0.4, -0.2) is 28.1 Å². The number of nitrogens with zero attached hydrogens (tertiary/aromatic N) is 2. The second-order valence-electron chi connectivity index (χ2n) is 6.18. The Labute approximate surface area is 135 Å². The maximum atomic E-state index is 11.6. The quantitative estimate of drug-likeness (QED) is 0.873. The highest BCUT2D eigenvalue weighted by Crippen LogP contribution is 2.26. The summed E-state index contributed by atoms with van der Waals surface area (Å²) in [7, 11) is 0. The van der Waals surface area contributed by atoms with Gasteiger partial charge in [-0.25, -0.2) is 9.78 Å². The Kier molecular flexibility index (Phi) is 4.83. The van der Waals surface area contributed by atoms with Gasteiger partial charge in [0.25, 0.3) is 0 Å². The summed E-state index contributed by atoms with van der Waals surface area (Å²) in [6, 6.07) is 5.58. The molecule has 0 aliphatic rings. The van der Waals surface area contributed by atoms with Crippen molar-refractivity contribution in [3.05, 3.63) is 36.3 Å². The van der Waals surface area contributed by atoms with Crippen LogP contribution in [0.25, 0.3) is 11.1 Å². The van der Waals surface area contributed by atoms with Crippen LogP contribution >= 0.6 is 0 Å².